The van der Waals surface area contributed by atoms with Gasteiger partial charge in [0.2, 0.25) is 5.91 Å². The summed E-state index contributed by atoms with van der Waals surface area (Å²) in [7, 11) is 1.35. The summed E-state index contributed by atoms with van der Waals surface area (Å²) in [5.41, 5.74) is 1.28. The second kappa shape index (κ2) is 6.60. The van der Waals surface area contributed by atoms with Gasteiger partial charge in [0.05, 0.1) is 36.6 Å². The molecule has 2 heterocycles. The van der Waals surface area contributed by atoms with Crippen LogP contribution in [0.2, 0.25) is 0 Å². The Bertz CT molecular complexity index is 760. The van der Waals surface area contributed by atoms with Gasteiger partial charge < -0.3 is 14.4 Å². The van der Waals surface area contributed by atoms with Gasteiger partial charge in [-0.15, -0.1) is 0 Å². The van der Waals surface area contributed by atoms with E-state index in [4.69, 9.17) is 9.47 Å². The largest absolute Gasteiger partial charge is 0.465 e. The van der Waals surface area contributed by atoms with Gasteiger partial charge >= 0.3 is 5.97 Å². The second-order valence-electron chi connectivity index (χ2n) is 6.12. The van der Waals surface area contributed by atoms with Crippen LogP contribution in [-0.2, 0) is 20.8 Å². The summed E-state index contributed by atoms with van der Waals surface area (Å²) in [5.74, 6) is -0.379. The number of carbonyl (C=O) groups is 2. The number of methoxy groups -OCH3 is 1. The van der Waals surface area contributed by atoms with Crippen molar-refractivity contribution in [3.63, 3.8) is 0 Å². The van der Waals surface area contributed by atoms with Gasteiger partial charge in [-0.2, -0.15) is 5.10 Å². The maximum Gasteiger partial charge on any atom is 0.337 e. The third-order valence-corrected chi connectivity index (χ3v) is 4.12. The Morgan fingerprint density at radius 2 is 2.00 bits per heavy atom. The molecule has 7 nitrogen and oxygen atoms in total. The molecule has 2 atom stereocenters. The van der Waals surface area contributed by atoms with E-state index in [2.05, 4.69) is 5.10 Å². The van der Waals surface area contributed by atoms with Gasteiger partial charge in [-0.25, -0.2) is 4.79 Å². The fourth-order valence-corrected chi connectivity index (χ4v) is 3.07. The van der Waals surface area contributed by atoms with Gasteiger partial charge in [-0.05, 0) is 32.0 Å². The first-order valence-corrected chi connectivity index (χ1v) is 7.95. The maximum atomic E-state index is 12.6. The minimum atomic E-state index is -0.392. The number of benzene rings is 1. The van der Waals surface area contributed by atoms with Gasteiger partial charge in [-0.1, -0.05) is 0 Å². The second-order valence-corrected chi connectivity index (χ2v) is 6.12. The monoisotopic (exact) mass is 331 g/mol. The summed E-state index contributed by atoms with van der Waals surface area (Å²) >= 11 is 0. The molecule has 24 heavy (non-hydrogen) atoms. The van der Waals surface area contributed by atoms with E-state index in [0.29, 0.717) is 18.7 Å². The minimum Gasteiger partial charge on any atom is -0.465 e. The Morgan fingerprint density at radius 1 is 1.29 bits per heavy atom. The van der Waals surface area contributed by atoms with E-state index in [9.17, 15) is 9.59 Å². The van der Waals surface area contributed by atoms with Crippen LogP contribution in [0.15, 0.2) is 24.4 Å². The van der Waals surface area contributed by atoms with E-state index in [1.54, 1.807) is 29.1 Å². The number of amides is 1. The summed E-state index contributed by atoms with van der Waals surface area (Å²) < 4.78 is 12.0. The highest BCUT2D eigenvalue weighted by molar-refractivity contribution is 5.94. The SMILES string of the molecule is COC(=O)c1ccc2c(cnn2CC(=O)N2C[C@@H](C)O[C@@H](C)C2)c1. The van der Waals surface area contributed by atoms with Crippen LogP contribution in [0.4, 0.5) is 0 Å². The average Bonchev–Trinajstić information content (AvgIpc) is 2.95. The number of rotatable bonds is 3. The van der Waals surface area contributed by atoms with Crippen LogP contribution in [0.5, 0.6) is 0 Å². The highest BCUT2D eigenvalue weighted by Gasteiger charge is 2.26. The number of aromatic nitrogens is 2. The Hall–Kier alpha value is -2.41. The summed E-state index contributed by atoms with van der Waals surface area (Å²) in [6, 6.07) is 5.18. The number of nitrogens with zero attached hydrogens (tertiary/aromatic N) is 3. The number of ether oxygens (including phenoxy) is 2. The molecule has 1 saturated heterocycles. The van der Waals surface area contributed by atoms with Gasteiger partial charge in [0.1, 0.15) is 6.54 Å². The van der Waals surface area contributed by atoms with E-state index >= 15 is 0 Å². The van der Waals surface area contributed by atoms with Gasteiger partial charge in [0.25, 0.3) is 0 Å². The molecule has 128 valence electrons. The summed E-state index contributed by atoms with van der Waals surface area (Å²) in [6.07, 6.45) is 1.73. The van der Waals surface area contributed by atoms with Crippen molar-refractivity contribution < 1.29 is 19.1 Å². The average molecular weight is 331 g/mol. The molecule has 1 aliphatic rings. The zero-order valence-corrected chi connectivity index (χ0v) is 14.1. The van der Waals surface area contributed by atoms with E-state index in [1.165, 1.54) is 7.11 Å². The Labute approximate surface area is 140 Å². The lowest BCUT2D eigenvalue weighted by Crippen LogP contribution is -2.49. The predicted molar refractivity (Wildman–Crippen MR) is 87.7 cm³/mol. The molecular formula is C17H21N3O4. The smallest absolute Gasteiger partial charge is 0.337 e. The molecular weight excluding hydrogens is 310 g/mol. The third kappa shape index (κ3) is 3.26. The number of esters is 1. The van der Waals surface area contributed by atoms with Crippen LogP contribution in [0, 0.1) is 0 Å². The van der Waals surface area contributed by atoms with Crippen LogP contribution in [0.3, 0.4) is 0 Å². The Kier molecular flexibility index (Phi) is 4.53. The molecule has 1 amide bonds. The molecule has 0 radical (unpaired) electrons. The maximum absolute atomic E-state index is 12.6. The van der Waals surface area contributed by atoms with Crippen molar-refractivity contribution in [3.8, 4) is 0 Å². The Morgan fingerprint density at radius 3 is 2.67 bits per heavy atom. The number of hydrogen-bond donors (Lipinski definition) is 0. The van der Waals surface area contributed by atoms with E-state index in [0.717, 1.165) is 10.9 Å². The van der Waals surface area contributed by atoms with Crippen molar-refractivity contribution >= 4 is 22.8 Å². The predicted octanol–water partition coefficient (Wildman–Crippen LogP) is 1.46. The van der Waals surface area contributed by atoms with Crippen molar-refractivity contribution in [2.45, 2.75) is 32.6 Å². The van der Waals surface area contributed by atoms with Crippen molar-refractivity contribution in [3.05, 3.63) is 30.0 Å². The lowest BCUT2D eigenvalue weighted by atomic mass is 10.1. The zero-order chi connectivity index (χ0) is 17.3. The van der Waals surface area contributed by atoms with Crippen LogP contribution in [-0.4, -0.2) is 59.0 Å². The van der Waals surface area contributed by atoms with E-state index in [1.807, 2.05) is 18.7 Å². The molecule has 0 N–H and O–H groups in total. The molecule has 1 aromatic carbocycles. The van der Waals surface area contributed by atoms with Crippen LogP contribution in [0.1, 0.15) is 24.2 Å². The first kappa shape index (κ1) is 16.4. The lowest BCUT2D eigenvalue weighted by Gasteiger charge is -2.35. The quantitative estimate of drug-likeness (QED) is 0.796. The van der Waals surface area contributed by atoms with Crippen LogP contribution < -0.4 is 0 Å². The number of hydrogen-bond acceptors (Lipinski definition) is 5. The highest BCUT2D eigenvalue weighted by atomic mass is 16.5. The third-order valence-electron chi connectivity index (χ3n) is 4.12. The Balaban J connectivity index is 1.78. The van der Waals surface area contributed by atoms with Gasteiger partial charge in [0.15, 0.2) is 0 Å². The van der Waals surface area contributed by atoms with Crippen LogP contribution in [0.25, 0.3) is 10.9 Å². The summed E-state index contributed by atoms with van der Waals surface area (Å²) in [6.45, 7) is 5.28. The minimum absolute atomic E-state index is 0.0130. The van der Waals surface area contributed by atoms with Crippen molar-refractivity contribution in [2.24, 2.45) is 0 Å². The summed E-state index contributed by atoms with van der Waals surface area (Å²) in [5, 5.41) is 5.08. The molecule has 0 aliphatic carbocycles. The molecule has 0 spiro atoms. The lowest BCUT2D eigenvalue weighted by molar-refractivity contribution is -0.143. The molecule has 0 bridgehead atoms. The van der Waals surface area contributed by atoms with Gasteiger partial charge in [-0.3, -0.25) is 9.48 Å². The highest BCUT2D eigenvalue weighted by Crippen LogP contribution is 2.17. The molecule has 0 unspecified atom stereocenters. The topological polar surface area (TPSA) is 73.7 Å². The number of carbonyl (C=O) groups excluding carboxylic acids is 2. The molecule has 0 saturated carbocycles. The first-order chi connectivity index (χ1) is 11.5. The van der Waals surface area contributed by atoms with Crippen molar-refractivity contribution in [2.75, 3.05) is 20.2 Å². The van der Waals surface area contributed by atoms with Gasteiger partial charge in [0, 0.05) is 18.5 Å². The van der Waals surface area contributed by atoms with E-state index in [-0.39, 0.29) is 24.7 Å². The van der Waals surface area contributed by atoms with Crippen molar-refractivity contribution in [1.29, 1.82) is 0 Å². The normalized spacial score (nSPS) is 21.0. The first-order valence-electron chi connectivity index (χ1n) is 7.95. The van der Waals surface area contributed by atoms with Crippen molar-refractivity contribution in [1.82, 2.24) is 14.7 Å². The van der Waals surface area contributed by atoms with E-state index < -0.39 is 5.97 Å². The molecule has 1 aromatic heterocycles. The molecule has 3 rings (SSSR count). The fraction of sp³-hybridized carbons (Fsp3) is 0.471. The molecule has 2 aromatic rings. The zero-order valence-electron chi connectivity index (χ0n) is 14.1. The molecule has 1 aliphatic heterocycles. The number of fused-ring (bicyclic) bond motifs is 1. The standard InChI is InChI=1S/C17H21N3O4/c1-11-8-19(9-12(2)24-11)16(21)10-20-15-5-4-13(17(22)23-3)6-14(15)7-18-20/h4-7,11-12H,8-10H2,1-3H3/t11-,12+. The number of morpholine rings is 1. The fourth-order valence-electron chi connectivity index (χ4n) is 3.07. The van der Waals surface area contributed by atoms with Crippen LogP contribution >= 0.6 is 0 Å². The molecule has 1 fully saturated rings. The summed E-state index contributed by atoms with van der Waals surface area (Å²) in [4.78, 5) is 26.0. The molecule has 7 heteroatoms.